The number of nitrogens with zero attached hydrogens (tertiary/aromatic N) is 3. The van der Waals surface area contributed by atoms with Crippen molar-refractivity contribution < 1.29 is 13.6 Å². The summed E-state index contributed by atoms with van der Waals surface area (Å²) in [5.74, 6) is 2.30. The molecule has 1 aromatic carbocycles. The van der Waals surface area contributed by atoms with Gasteiger partial charge in [0.1, 0.15) is 6.07 Å². The minimum atomic E-state index is -0.0176. The number of nitriles is 1. The van der Waals surface area contributed by atoms with Crippen LogP contribution in [0, 0.1) is 17.2 Å². The lowest BCUT2D eigenvalue weighted by molar-refractivity contribution is -0.125. The monoisotopic (exact) mass is 436 g/mol. The van der Waals surface area contributed by atoms with E-state index in [1.54, 1.807) is 23.9 Å². The molecule has 0 aliphatic carbocycles. The maximum atomic E-state index is 12.5. The Labute approximate surface area is 185 Å². The molecule has 3 heterocycles. The van der Waals surface area contributed by atoms with Crippen LogP contribution in [-0.2, 0) is 4.79 Å². The minimum absolute atomic E-state index is 0.0176. The Bertz CT molecular complexity index is 1020. The highest BCUT2D eigenvalue weighted by Crippen LogP contribution is 2.31. The molecule has 1 fully saturated rings. The second-order valence-corrected chi connectivity index (χ2v) is 8.50. The lowest BCUT2D eigenvalue weighted by Crippen LogP contribution is -2.41. The average molecular weight is 437 g/mol. The third-order valence-corrected chi connectivity index (χ3v) is 6.33. The lowest BCUT2D eigenvalue weighted by Gasteiger charge is -2.30. The van der Waals surface area contributed by atoms with Crippen LogP contribution in [0.25, 0.3) is 11.7 Å². The summed E-state index contributed by atoms with van der Waals surface area (Å²) in [5.41, 5.74) is 0.241. The van der Waals surface area contributed by atoms with Gasteiger partial charge in [0, 0.05) is 30.4 Å². The van der Waals surface area contributed by atoms with Gasteiger partial charge in [-0.1, -0.05) is 18.2 Å². The zero-order valence-electron chi connectivity index (χ0n) is 17.1. The highest BCUT2D eigenvalue weighted by molar-refractivity contribution is 7.99. The van der Waals surface area contributed by atoms with Crippen LogP contribution in [0.5, 0.6) is 0 Å². The fourth-order valence-electron chi connectivity index (χ4n) is 3.58. The summed E-state index contributed by atoms with van der Waals surface area (Å²) in [6.07, 6.45) is 3.90. The number of anilines is 1. The average Bonchev–Trinajstić information content (AvgIpc) is 3.49. The molecule has 31 heavy (non-hydrogen) atoms. The molecule has 1 N–H and O–H groups in total. The molecule has 3 aromatic rings. The molecular weight excluding hydrogens is 412 g/mol. The van der Waals surface area contributed by atoms with Crippen LogP contribution in [0.2, 0.25) is 0 Å². The summed E-state index contributed by atoms with van der Waals surface area (Å²) in [4.78, 5) is 20.0. The number of benzene rings is 1. The molecule has 0 radical (unpaired) electrons. The van der Waals surface area contributed by atoms with Gasteiger partial charge in [0.2, 0.25) is 17.5 Å². The number of oxazole rings is 1. The van der Waals surface area contributed by atoms with E-state index in [2.05, 4.69) is 28.5 Å². The number of carbonyl (C=O) groups excluding carboxylic acids is 1. The maximum absolute atomic E-state index is 12.5. The van der Waals surface area contributed by atoms with E-state index in [0.717, 1.165) is 12.2 Å². The Morgan fingerprint density at radius 1 is 1.23 bits per heavy atom. The highest BCUT2D eigenvalue weighted by atomic mass is 32.2. The molecule has 1 aliphatic rings. The van der Waals surface area contributed by atoms with E-state index in [0.29, 0.717) is 50.0 Å². The van der Waals surface area contributed by atoms with E-state index in [1.807, 2.05) is 23.1 Å². The van der Waals surface area contributed by atoms with Crippen LogP contribution in [0.4, 0.5) is 5.88 Å². The number of rotatable bonds is 8. The lowest BCUT2D eigenvalue weighted by atomic mass is 9.96. The van der Waals surface area contributed by atoms with E-state index in [1.165, 1.54) is 11.2 Å². The smallest absolute Gasteiger partial charge is 0.266 e. The van der Waals surface area contributed by atoms with Gasteiger partial charge in [-0.2, -0.15) is 10.2 Å². The molecule has 0 saturated carbocycles. The highest BCUT2D eigenvalue weighted by Gasteiger charge is 2.29. The molecule has 1 aliphatic heterocycles. The molecule has 0 unspecified atom stereocenters. The first-order chi connectivity index (χ1) is 15.2. The van der Waals surface area contributed by atoms with E-state index in [-0.39, 0.29) is 17.5 Å². The van der Waals surface area contributed by atoms with Crippen molar-refractivity contribution in [3.05, 3.63) is 54.4 Å². The zero-order valence-corrected chi connectivity index (χ0v) is 17.9. The molecule has 4 rings (SSSR count). The normalized spacial score (nSPS) is 14.4. The molecule has 1 amide bonds. The number of aromatic nitrogens is 1. The van der Waals surface area contributed by atoms with Crippen LogP contribution >= 0.6 is 11.8 Å². The number of hydrogen-bond donors (Lipinski definition) is 1. The predicted molar refractivity (Wildman–Crippen MR) is 119 cm³/mol. The number of furan rings is 1. The van der Waals surface area contributed by atoms with E-state index < -0.39 is 0 Å². The number of piperidine rings is 1. The van der Waals surface area contributed by atoms with Crippen molar-refractivity contribution in [1.82, 2.24) is 10.3 Å². The fourth-order valence-corrected chi connectivity index (χ4v) is 4.46. The summed E-state index contributed by atoms with van der Waals surface area (Å²) in [7, 11) is 0. The van der Waals surface area contributed by atoms with Crippen molar-refractivity contribution >= 4 is 23.6 Å². The Morgan fingerprint density at radius 3 is 2.74 bits per heavy atom. The van der Waals surface area contributed by atoms with Crippen LogP contribution in [-0.4, -0.2) is 36.3 Å². The molecule has 160 valence electrons. The first kappa shape index (κ1) is 21.1. The van der Waals surface area contributed by atoms with Crippen LogP contribution < -0.4 is 10.2 Å². The van der Waals surface area contributed by atoms with Crippen molar-refractivity contribution in [3.8, 4) is 17.7 Å². The molecule has 2 aromatic heterocycles. The maximum Gasteiger partial charge on any atom is 0.266 e. The van der Waals surface area contributed by atoms with Crippen molar-refractivity contribution in [1.29, 1.82) is 5.26 Å². The number of nitrogens with one attached hydrogen (secondary N) is 1. The summed E-state index contributed by atoms with van der Waals surface area (Å²) in [6, 6.07) is 15.9. The van der Waals surface area contributed by atoms with Gasteiger partial charge < -0.3 is 19.1 Å². The molecule has 0 spiro atoms. The summed E-state index contributed by atoms with van der Waals surface area (Å²) >= 11 is 1.80. The van der Waals surface area contributed by atoms with E-state index >= 15 is 0 Å². The largest absolute Gasteiger partial charge is 0.459 e. The third-order valence-electron chi connectivity index (χ3n) is 5.23. The Balaban J connectivity index is 1.22. The van der Waals surface area contributed by atoms with Crippen LogP contribution in [0.3, 0.4) is 0 Å². The molecular formula is C23H24N4O3S. The number of carbonyl (C=O) groups is 1. The summed E-state index contributed by atoms with van der Waals surface area (Å²) in [6.45, 7) is 1.97. The van der Waals surface area contributed by atoms with Gasteiger partial charge in [-0.3, -0.25) is 4.79 Å². The Hall–Kier alpha value is -3.18. The molecule has 0 atom stereocenters. The molecule has 7 nitrogen and oxygen atoms in total. The standard InChI is InChI=1S/C23H24N4O3S/c24-16-19-23(30-22(26-19)20-8-4-14-29-20)27-12-9-17(10-13-27)21(28)25-11-5-15-31-18-6-2-1-3-7-18/h1-4,6-8,14,17H,5,9-13,15H2,(H,25,28). The second-order valence-electron chi connectivity index (χ2n) is 7.33. The SMILES string of the molecule is N#Cc1nc(-c2ccco2)oc1N1CCC(C(=O)NCCCSc2ccccc2)CC1. The van der Waals surface area contributed by atoms with Crippen molar-refractivity contribution in [2.24, 2.45) is 5.92 Å². The second kappa shape index (κ2) is 10.2. The van der Waals surface area contributed by atoms with E-state index in [9.17, 15) is 10.1 Å². The first-order valence-electron chi connectivity index (χ1n) is 10.4. The number of amides is 1. The molecule has 8 heteroatoms. The van der Waals surface area contributed by atoms with Gasteiger partial charge in [-0.15, -0.1) is 11.8 Å². The topological polar surface area (TPSA) is 95.3 Å². The third kappa shape index (κ3) is 5.30. The summed E-state index contributed by atoms with van der Waals surface area (Å²) < 4.78 is 11.1. The van der Waals surface area contributed by atoms with Crippen molar-refractivity contribution in [3.63, 3.8) is 0 Å². The van der Waals surface area contributed by atoms with E-state index in [4.69, 9.17) is 8.83 Å². The van der Waals surface area contributed by atoms with Crippen LogP contribution in [0.15, 0.2) is 62.5 Å². The summed E-state index contributed by atoms with van der Waals surface area (Å²) in [5, 5.41) is 12.5. The van der Waals surface area contributed by atoms with Gasteiger partial charge in [0.25, 0.3) is 5.89 Å². The van der Waals surface area contributed by atoms with Crippen LogP contribution in [0.1, 0.15) is 25.0 Å². The quantitative estimate of drug-likeness (QED) is 0.415. The molecule has 0 bridgehead atoms. The zero-order chi connectivity index (χ0) is 21.5. The first-order valence-corrected chi connectivity index (χ1v) is 11.4. The minimum Gasteiger partial charge on any atom is -0.459 e. The fraction of sp³-hybridized carbons (Fsp3) is 0.348. The predicted octanol–water partition coefficient (Wildman–Crippen LogP) is 4.32. The van der Waals surface area contributed by atoms with Gasteiger partial charge in [0.05, 0.1) is 6.26 Å². The Morgan fingerprint density at radius 2 is 2.03 bits per heavy atom. The van der Waals surface area contributed by atoms with Gasteiger partial charge in [0.15, 0.2) is 5.76 Å². The molecule has 1 saturated heterocycles. The number of hydrogen-bond acceptors (Lipinski definition) is 7. The van der Waals surface area contributed by atoms with Crippen molar-refractivity contribution in [2.75, 3.05) is 30.3 Å². The van der Waals surface area contributed by atoms with Gasteiger partial charge in [-0.05, 0) is 49.3 Å². The number of thioether (sulfide) groups is 1. The van der Waals surface area contributed by atoms with Gasteiger partial charge in [-0.25, -0.2) is 0 Å². The van der Waals surface area contributed by atoms with Gasteiger partial charge >= 0.3 is 0 Å². The Kier molecular flexibility index (Phi) is 6.95. The van der Waals surface area contributed by atoms with Crippen molar-refractivity contribution in [2.45, 2.75) is 24.2 Å².